The van der Waals surface area contributed by atoms with E-state index in [9.17, 15) is 9.59 Å². The summed E-state index contributed by atoms with van der Waals surface area (Å²) in [6.45, 7) is 2.54. The molecule has 0 bridgehead atoms. The second-order valence-corrected chi connectivity index (χ2v) is 5.92. The molecule has 5 heteroatoms. The van der Waals surface area contributed by atoms with Crippen molar-refractivity contribution in [3.63, 3.8) is 0 Å². The monoisotopic (exact) mass is 341 g/mol. The lowest BCUT2D eigenvalue weighted by atomic mass is 10.1. The highest BCUT2D eigenvalue weighted by molar-refractivity contribution is 5.77. The van der Waals surface area contributed by atoms with Crippen molar-refractivity contribution >= 4 is 11.9 Å². The molecule has 0 spiro atoms. The smallest absolute Gasteiger partial charge is 0.309 e. The molecule has 0 fully saturated rings. The van der Waals surface area contributed by atoms with Crippen molar-refractivity contribution in [1.82, 2.24) is 4.90 Å². The van der Waals surface area contributed by atoms with Gasteiger partial charge in [-0.2, -0.15) is 0 Å². The number of ether oxygens (including phenoxy) is 2. The van der Waals surface area contributed by atoms with Gasteiger partial charge >= 0.3 is 5.97 Å². The first-order valence-electron chi connectivity index (χ1n) is 8.06. The van der Waals surface area contributed by atoms with Crippen LogP contribution in [-0.4, -0.2) is 37.5 Å². The average Bonchev–Trinajstić information content (AvgIpc) is 2.62. The number of carbonyl (C=O) groups excluding carboxylic acids is 2. The van der Waals surface area contributed by atoms with Crippen molar-refractivity contribution in [2.45, 2.75) is 19.9 Å². The Morgan fingerprint density at radius 2 is 1.56 bits per heavy atom. The Morgan fingerprint density at radius 1 is 0.960 bits per heavy atom. The first-order valence-corrected chi connectivity index (χ1v) is 8.06. The van der Waals surface area contributed by atoms with Crippen LogP contribution in [-0.2, 0) is 27.3 Å². The van der Waals surface area contributed by atoms with Crippen LogP contribution in [0.1, 0.15) is 16.7 Å². The quantitative estimate of drug-likeness (QED) is 0.727. The van der Waals surface area contributed by atoms with Crippen LogP contribution < -0.4 is 4.74 Å². The van der Waals surface area contributed by atoms with Crippen LogP contribution in [0.3, 0.4) is 0 Å². The minimum atomic E-state index is -0.290. The molecule has 0 heterocycles. The van der Waals surface area contributed by atoms with Crippen LogP contribution in [0.25, 0.3) is 0 Å². The van der Waals surface area contributed by atoms with Crippen LogP contribution in [0.2, 0.25) is 0 Å². The molecule has 0 radical (unpaired) electrons. The number of amides is 1. The molecule has 2 aromatic carbocycles. The normalized spacial score (nSPS) is 10.2. The van der Waals surface area contributed by atoms with Crippen molar-refractivity contribution in [2.24, 2.45) is 0 Å². The van der Waals surface area contributed by atoms with E-state index in [1.54, 1.807) is 36.2 Å². The molecule has 2 aromatic rings. The summed E-state index contributed by atoms with van der Waals surface area (Å²) in [5.74, 6) is 0.200. The fourth-order valence-electron chi connectivity index (χ4n) is 2.25. The van der Waals surface area contributed by atoms with Crippen LogP contribution in [0.4, 0.5) is 0 Å². The Hall–Kier alpha value is -2.82. The van der Waals surface area contributed by atoms with Crippen molar-refractivity contribution in [3.8, 4) is 5.75 Å². The van der Waals surface area contributed by atoms with E-state index in [4.69, 9.17) is 4.74 Å². The fourth-order valence-corrected chi connectivity index (χ4v) is 2.25. The van der Waals surface area contributed by atoms with Gasteiger partial charge in [-0.05, 0) is 30.2 Å². The van der Waals surface area contributed by atoms with E-state index in [1.165, 1.54) is 12.7 Å². The number of esters is 1. The zero-order valence-corrected chi connectivity index (χ0v) is 14.8. The van der Waals surface area contributed by atoms with Gasteiger partial charge in [-0.3, -0.25) is 9.59 Å². The molecule has 0 unspecified atom stereocenters. The highest BCUT2D eigenvalue weighted by Crippen LogP contribution is 2.13. The Morgan fingerprint density at radius 3 is 2.16 bits per heavy atom. The van der Waals surface area contributed by atoms with Crippen molar-refractivity contribution in [1.29, 1.82) is 0 Å². The van der Waals surface area contributed by atoms with E-state index in [2.05, 4.69) is 4.74 Å². The minimum Gasteiger partial charge on any atom is -0.484 e. The molecule has 0 saturated heterocycles. The van der Waals surface area contributed by atoms with Gasteiger partial charge in [0, 0.05) is 13.6 Å². The lowest BCUT2D eigenvalue weighted by Gasteiger charge is -2.17. The number of hydrogen-bond donors (Lipinski definition) is 0. The molecule has 0 aromatic heterocycles. The molecule has 132 valence electrons. The van der Waals surface area contributed by atoms with Gasteiger partial charge in [-0.25, -0.2) is 0 Å². The summed E-state index contributed by atoms with van der Waals surface area (Å²) < 4.78 is 10.1. The molecule has 2 rings (SSSR count). The second kappa shape index (κ2) is 8.87. The van der Waals surface area contributed by atoms with Gasteiger partial charge in [-0.15, -0.1) is 0 Å². The van der Waals surface area contributed by atoms with E-state index in [-0.39, 0.29) is 24.9 Å². The number of rotatable bonds is 7. The van der Waals surface area contributed by atoms with Gasteiger partial charge < -0.3 is 14.4 Å². The van der Waals surface area contributed by atoms with Crippen molar-refractivity contribution in [2.75, 3.05) is 20.8 Å². The number of benzene rings is 2. The molecule has 0 aliphatic carbocycles. The van der Waals surface area contributed by atoms with E-state index >= 15 is 0 Å². The summed E-state index contributed by atoms with van der Waals surface area (Å²) >= 11 is 0. The summed E-state index contributed by atoms with van der Waals surface area (Å²) in [7, 11) is 3.11. The third-order valence-electron chi connectivity index (χ3n) is 3.83. The first kappa shape index (κ1) is 18.5. The minimum absolute atomic E-state index is 0.0291. The summed E-state index contributed by atoms with van der Waals surface area (Å²) in [4.78, 5) is 25.0. The Labute approximate surface area is 148 Å². The largest absolute Gasteiger partial charge is 0.484 e. The number of aryl methyl sites for hydroxylation is 1. The summed E-state index contributed by atoms with van der Waals surface area (Å²) in [6, 6.07) is 15.1. The number of methoxy groups -OCH3 is 1. The van der Waals surface area contributed by atoms with E-state index < -0.39 is 0 Å². The van der Waals surface area contributed by atoms with Crippen molar-refractivity contribution in [3.05, 3.63) is 65.2 Å². The Balaban J connectivity index is 1.82. The van der Waals surface area contributed by atoms with E-state index in [0.717, 1.165) is 11.1 Å². The van der Waals surface area contributed by atoms with E-state index in [1.807, 2.05) is 31.2 Å². The Bertz CT molecular complexity index is 707. The van der Waals surface area contributed by atoms with Crippen LogP contribution in [0.5, 0.6) is 5.75 Å². The topological polar surface area (TPSA) is 55.8 Å². The van der Waals surface area contributed by atoms with E-state index in [0.29, 0.717) is 12.3 Å². The number of likely N-dealkylation sites (N-methyl/N-ethyl adjacent to an activating group) is 1. The number of carbonyl (C=O) groups is 2. The predicted octanol–water partition coefficient (Wildman–Crippen LogP) is 2.75. The fraction of sp³-hybridized carbons (Fsp3) is 0.300. The molecule has 1 amide bonds. The summed E-state index contributed by atoms with van der Waals surface area (Å²) in [6.07, 6.45) is 0.217. The average molecular weight is 341 g/mol. The standard InChI is InChI=1S/C20H23NO4/c1-15-4-6-17(7-5-15)13-21(2)19(22)14-25-18-10-8-16(9-11-18)12-20(23)24-3/h4-11H,12-14H2,1-3H3. The highest BCUT2D eigenvalue weighted by Gasteiger charge is 2.10. The molecule has 0 aliphatic rings. The zero-order valence-electron chi connectivity index (χ0n) is 14.8. The van der Waals surface area contributed by atoms with Gasteiger partial charge in [0.15, 0.2) is 6.61 Å². The molecular weight excluding hydrogens is 318 g/mol. The van der Waals surface area contributed by atoms with Gasteiger partial charge in [-0.1, -0.05) is 42.0 Å². The number of nitrogens with zero attached hydrogens (tertiary/aromatic N) is 1. The van der Waals surface area contributed by atoms with Crippen LogP contribution >= 0.6 is 0 Å². The van der Waals surface area contributed by atoms with Gasteiger partial charge in [0.05, 0.1) is 13.5 Å². The van der Waals surface area contributed by atoms with Gasteiger partial charge in [0.1, 0.15) is 5.75 Å². The second-order valence-electron chi connectivity index (χ2n) is 5.92. The molecule has 0 aliphatic heterocycles. The predicted molar refractivity (Wildman–Crippen MR) is 95.3 cm³/mol. The maximum atomic E-state index is 12.2. The molecule has 0 N–H and O–H groups in total. The first-order chi connectivity index (χ1) is 12.0. The summed E-state index contributed by atoms with van der Waals surface area (Å²) in [5.41, 5.74) is 3.10. The van der Waals surface area contributed by atoms with Crippen molar-refractivity contribution < 1.29 is 19.1 Å². The maximum absolute atomic E-state index is 12.2. The zero-order chi connectivity index (χ0) is 18.2. The maximum Gasteiger partial charge on any atom is 0.309 e. The van der Waals surface area contributed by atoms with Gasteiger partial charge in [0.2, 0.25) is 0 Å². The Kier molecular flexibility index (Phi) is 6.57. The lowest BCUT2D eigenvalue weighted by molar-refractivity contribution is -0.139. The summed E-state index contributed by atoms with van der Waals surface area (Å²) in [5, 5.41) is 0. The molecule has 0 atom stereocenters. The molecule has 25 heavy (non-hydrogen) atoms. The highest BCUT2D eigenvalue weighted by atomic mass is 16.5. The molecule has 5 nitrogen and oxygen atoms in total. The SMILES string of the molecule is COC(=O)Cc1ccc(OCC(=O)N(C)Cc2ccc(C)cc2)cc1. The lowest BCUT2D eigenvalue weighted by Crippen LogP contribution is -2.30. The molecule has 0 saturated carbocycles. The molecular formula is C20H23NO4. The van der Waals surface area contributed by atoms with Gasteiger partial charge in [0.25, 0.3) is 5.91 Å². The van der Waals surface area contributed by atoms with Crippen LogP contribution in [0, 0.1) is 6.92 Å². The third-order valence-corrected chi connectivity index (χ3v) is 3.83. The number of hydrogen-bond acceptors (Lipinski definition) is 4. The van der Waals surface area contributed by atoms with Crippen LogP contribution in [0.15, 0.2) is 48.5 Å². The third kappa shape index (κ3) is 5.95.